The first kappa shape index (κ1) is 60.0. The van der Waals surface area contributed by atoms with Crippen LogP contribution in [-0.4, -0.2) is 6.54 Å². The minimum absolute atomic E-state index is 0.667. The highest BCUT2D eigenvalue weighted by atomic mass is 32.2. The average molecular weight is 1080 g/mol. The van der Waals surface area contributed by atoms with Crippen LogP contribution in [0.25, 0.3) is 38.5 Å². The summed E-state index contributed by atoms with van der Waals surface area (Å²) in [7, 11) is 0. The van der Waals surface area contributed by atoms with Gasteiger partial charge in [-0.2, -0.15) is 4.57 Å². The summed E-state index contributed by atoms with van der Waals surface area (Å²) in [6.07, 6.45) is 60.2. The van der Waals surface area contributed by atoms with Gasteiger partial charge in [0.2, 0.25) is 5.52 Å². The maximum absolute atomic E-state index is 2.68. The number of rotatable bonds is 38. The fraction of sp³-hybridized carbons (Fsp3) is 0.554. The maximum atomic E-state index is 2.68. The number of anilines is 1. The molecule has 0 saturated carbocycles. The van der Waals surface area contributed by atoms with Crippen molar-refractivity contribution < 1.29 is 4.57 Å². The van der Waals surface area contributed by atoms with Crippen LogP contribution in [0.5, 0.6) is 0 Å². The molecule has 0 saturated heterocycles. The predicted octanol–water partition coefficient (Wildman–Crippen LogP) is 23.9. The highest BCUT2D eigenvalue weighted by Gasteiger charge is 2.29. The standard InChI is InChI=1S/C74H103N2S2/c1-3-5-7-9-11-13-15-17-19-21-23-25-27-29-31-39-53-75-69-51-49-66(63-41-35-33-36-42-63)59-71(69)77-73(75)57-61-45-47-65-48-46-62(56-68(65)55-61)58-74-76(70-52-50-67(60-72(70)78-74)64-43-37-34-38-44-64)54-40-32-30-28-26-24-22-20-18-16-14-12-10-8-6-4-2/h33-38,41-44,49-52,55-60,65H,3-32,39-40,45-48,53-54H2,1-2H3/q+1. The van der Waals surface area contributed by atoms with Crippen molar-refractivity contribution in [3.8, 4) is 22.3 Å². The van der Waals surface area contributed by atoms with Gasteiger partial charge >= 0.3 is 0 Å². The van der Waals surface area contributed by atoms with Gasteiger partial charge in [-0.15, -0.1) is 0 Å². The van der Waals surface area contributed by atoms with Crippen molar-refractivity contribution in [3.63, 3.8) is 0 Å². The van der Waals surface area contributed by atoms with E-state index in [1.54, 1.807) is 5.57 Å². The number of benzene rings is 4. The van der Waals surface area contributed by atoms with Gasteiger partial charge in [0.25, 0.3) is 5.01 Å². The zero-order chi connectivity index (χ0) is 53.7. The molecule has 1 aromatic heterocycles. The van der Waals surface area contributed by atoms with Crippen LogP contribution >= 0.6 is 23.1 Å². The van der Waals surface area contributed by atoms with Gasteiger partial charge in [-0.25, -0.2) is 0 Å². The third-order valence-electron chi connectivity index (χ3n) is 17.5. The molecule has 0 fully saturated rings. The molecule has 0 bridgehead atoms. The van der Waals surface area contributed by atoms with E-state index in [4.69, 9.17) is 0 Å². The van der Waals surface area contributed by atoms with Crippen LogP contribution in [0.15, 0.2) is 142 Å². The number of allylic oxidation sites excluding steroid dienone is 6. The SMILES string of the molecule is CCCCCCCCCCCCCCCCCCN1C(=CC2=CC3=CC(=Cc4sc5cc(-c6ccccc6)ccc5[n+]4CCCCCCCCCCCCCCCCCC)CCC3CC2)Sc2cc(-c3ccccc3)ccc21. The number of thiazole rings is 1. The second-order valence-electron chi connectivity index (χ2n) is 23.9. The van der Waals surface area contributed by atoms with Gasteiger partial charge in [-0.05, 0) is 114 Å². The molecule has 420 valence electrons. The first-order chi connectivity index (χ1) is 38.7. The van der Waals surface area contributed by atoms with Crippen molar-refractivity contribution in [2.24, 2.45) is 5.92 Å². The molecule has 0 radical (unpaired) electrons. The van der Waals surface area contributed by atoms with Gasteiger partial charge in [-0.3, -0.25) is 0 Å². The lowest BCUT2D eigenvalue weighted by Gasteiger charge is -2.29. The smallest absolute Gasteiger partial charge is 0.263 e. The van der Waals surface area contributed by atoms with E-state index >= 15 is 0 Å². The first-order valence-electron chi connectivity index (χ1n) is 32.7. The molecule has 4 heteroatoms. The molecule has 2 nitrogen and oxygen atoms in total. The molecule has 4 aromatic carbocycles. The summed E-state index contributed by atoms with van der Waals surface area (Å²) >= 11 is 4.00. The zero-order valence-corrected chi connectivity index (χ0v) is 50.8. The lowest BCUT2D eigenvalue weighted by molar-refractivity contribution is -0.669. The molecule has 2 aliphatic carbocycles. The minimum atomic E-state index is 0.667. The summed E-state index contributed by atoms with van der Waals surface area (Å²) in [5, 5.41) is 2.84. The Balaban J connectivity index is 0.881. The third kappa shape index (κ3) is 19.6. The van der Waals surface area contributed by atoms with Crippen molar-refractivity contribution in [1.82, 2.24) is 0 Å². The van der Waals surface area contributed by atoms with Crippen molar-refractivity contribution in [3.05, 3.63) is 142 Å². The molecule has 0 spiro atoms. The number of fused-ring (bicyclic) bond motifs is 3. The summed E-state index contributed by atoms with van der Waals surface area (Å²) in [6.45, 7) is 6.83. The molecule has 1 atom stereocenters. The van der Waals surface area contributed by atoms with Crippen molar-refractivity contribution in [2.75, 3.05) is 11.4 Å². The van der Waals surface area contributed by atoms with Crippen LogP contribution in [-0.2, 0) is 6.54 Å². The number of thioether (sulfide) groups is 1. The van der Waals surface area contributed by atoms with E-state index in [0.29, 0.717) is 5.92 Å². The van der Waals surface area contributed by atoms with E-state index < -0.39 is 0 Å². The van der Waals surface area contributed by atoms with E-state index in [9.17, 15) is 0 Å². The number of aryl methyl sites for hydroxylation is 1. The Morgan fingerprint density at radius 1 is 0.474 bits per heavy atom. The topological polar surface area (TPSA) is 7.12 Å². The molecule has 78 heavy (non-hydrogen) atoms. The van der Waals surface area contributed by atoms with Crippen LogP contribution in [0.3, 0.4) is 0 Å². The number of unbranched alkanes of at least 4 members (excludes halogenated alkanes) is 30. The third-order valence-corrected chi connectivity index (χ3v) is 19.7. The molecular weight excluding hydrogens is 981 g/mol. The van der Waals surface area contributed by atoms with Crippen LogP contribution in [0, 0.1) is 5.92 Å². The molecule has 8 rings (SSSR count). The highest BCUT2D eigenvalue weighted by Crippen LogP contribution is 2.49. The Hall–Kier alpha value is -4.12. The summed E-state index contributed by atoms with van der Waals surface area (Å²) in [4.78, 5) is 4.08. The second-order valence-corrected chi connectivity index (χ2v) is 26.0. The fourth-order valence-corrected chi connectivity index (χ4v) is 15.1. The van der Waals surface area contributed by atoms with E-state index in [1.807, 2.05) is 23.1 Å². The number of nitrogens with zero attached hydrogens (tertiary/aromatic N) is 2. The predicted molar refractivity (Wildman–Crippen MR) is 346 cm³/mol. The molecule has 0 amide bonds. The normalized spacial score (nSPS) is 16.3. The monoisotopic (exact) mass is 1080 g/mol. The average Bonchev–Trinajstić information content (AvgIpc) is 4.10. The largest absolute Gasteiger partial charge is 0.335 e. The van der Waals surface area contributed by atoms with E-state index in [0.717, 1.165) is 13.1 Å². The molecular formula is C74H103N2S2+. The van der Waals surface area contributed by atoms with E-state index in [1.165, 1.54) is 295 Å². The van der Waals surface area contributed by atoms with E-state index in [2.05, 4.69) is 145 Å². The van der Waals surface area contributed by atoms with Crippen LogP contribution in [0.1, 0.15) is 250 Å². The van der Waals surface area contributed by atoms with Gasteiger partial charge in [0, 0.05) is 30.0 Å². The quantitative estimate of drug-likeness (QED) is 0.0287. The van der Waals surface area contributed by atoms with Gasteiger partial charge < -0.3 is 4.90 Å². The van der Waals surface area contributed by atoms with Gasteiger partial charge in [-0.1, -0.05) is 302 Å². The van der Waals surface area contributed by atoms with Crippen LogP contribution in [0.2, 0.25) is 0 Å². The lowest BCUT2D eigenvalue weighted by atomic mass is 9.77. The summed E-state index contributed by atoms with van der Waals surface area (Å²) in [5.41, 5.74) is 12.6. The zero-order valence-electron chi connectivity index (χ0n) is 49.2. The Labute approximate surface area is 484 Å². The lowest BCUT2D eigenvalue weighted by Crippen LogP contribution is -2.35. The summed E-state index contributed by atoms with van der Waals surface area (Å²) < 4.78 is 4.08. The van der Waals surface area contributed by atoms with E-state index in [-0.39, 0.29) is 0 Å². The number of aromatic nitrogens is 1. The fourth-order valence-electron chi connectivity index (χ4n) is 12.7. The maximum Gasteiger partial charge on any atom is 0.263 e. The van der Waals surface area contributed by atoms with Gasteiger partial charge in [0.05, 0.1) is 10.7 Å². The van der Waals surface area contributed by atoms with Crippen molar-refractivity contribution >= 4 is 45.1 Å². The summed E-state index contributed by atoms with van der Waals surface area (Å²) in [6, 6.07) is 36.3. The van der Waals surface area contributed by atoms with Crippen LogP contribution < -0.4 is 9.47 Å². The molecule has 5 aromatic rings. The van der Waals surface area contributed by atoms with Gasteiger partial charge in [0.15, 0.2) is 6.54 Å². The molecule has 1 unspecified atom stereocenters. The number of hydrogen-bond donors (Lipinski definition) is 0. The molecule has 1 aliphatic heterocycles. The number of hydrogen-bond acceptors (Lipinski definition) is 3. The Kier molecular flexibility index (Phi) is 26.8. The van der Waals surface area contributed by atoms with Crippen molar-refractivity contribution in [1.29, 1.82) is 0 Å². The molecule has 3 aliphatic rings. The summed E-state index contributed by atoms with van der Waals surface area (Å²) in [5.74, 6) is 0.667. The molecule has 0 N–H and O–H groups in total. The first-order valence-corrected chi connectivity index (χ1v) is 34.3. The van der Waals surface area contributed by atoms with Crippen molar-refractivity contribution in [2.45, 2.75) is 256 Å². The Bertz CT molecular complexity index is 2610. The Morgan fingerprint density at radius 3 is 1.51 bits per heavy atom. The van der Waals surface area contributed by atoms with Gasteiger partial charge in [0.1, 0.15) is 4.70 Å². The highest BCUT2D eigenvalue weighted by molar-refractivity contribution is 8.03. The second kappa shape index (κ2) is 34.9. The van der Waals surface area contributed by atoms with Crippen LogP contribution in [0.4, 0.5) is 5.69 Å². The minimum Gasteiger partial charge on any atom is -0.335 e. The molecule has 2 heterocycles. The Morgan fingerprint density at radius 2 is 0.962 bits per heavy atom.